The molecule has 2 aromatic heterocycles. The average molecular weight is 272 g/mol. The van der Waals surface area contributed by atoms with Gasteiger partial charge in [-0.05, 0) is 30.9 Å². The number of carbonyl (C=O) groups is 1. The van der Waals surface area contributed by atoms with Gasteiger partial charge in [0.05, 0.1) is 6.20 Å². The highest BCUT2D eigenvalue weighted by atomic mass is 16.2. The summed E-state index contributed by atoms with van der Waals surface area (Å²) in [7, 11) is 1.87. The average Bonchev–Trinajstić information content (AvgIpc) is 3.07. The van der Waals surface area contributed by atoms with Crippen LogP contribution in [-0.4, -0.2) is 38.2 Å². The predicted molar refractivity (Wildman–Crippen MR) is 76.8 cm³/mol. The van der Waals surface area contributed by atoms with Crippen molar-refractivity contribution in [1.29, 1.82) is 0 Å². The molecule has 0 spiro atoms. The zero-order valence-electron chi connectivity index (χ0n) is 12.0. The SMILES string of the molecule is CC1CCN(C(=O)c2cnn(C)c2-n2cccc2)CC1. The van der Waals surface area contributed by atoms with Crippen molar-refractivity contribution in [2.24, 2.45) is 13.0 Å². The van der Waals surface area contributed by atoms with Crippen molar-refractivity contribution in [3.63, 3.8) is 0 Å². The number of amides is 1. The lowest BCUT2D eigenvalue weighted by atomic mass is 9.99. The lowest BCUT2D eigenvalue weighted by molar-refractivity contribution is 0.0697. The summed E-state index contributed by atoms with van der Waals surface area (Å²) in [5, 5.41) is 4.25. The van der Waals surface area contributed by atoms with Gasteiger partial charge in [0.15, 0.2) is 0 Å². The van der Waals surface area contributed by atoms with Crippen LogP contribution in [0.5, 0.6) is 0 Å². The Balaban J connectivity index is 1.89. The van der Waals surface area contributed by atoms with Gasteiger partial charge in [-0.25, -0.2) is 0 Å². The van der Waals surface area contributed by atoms with E-state index < -0.39 is 0 Å². The number of aromatic nitrogens is 3. The maximum atomic E-state index is 12.7. The highest BCUT2D eigenvalue weighted by Gasteiger charge is 2.25. The molecule has 1 saturated heterocycles. The number of carbonyl (C=O) groups excluding carboxylic acids is 1. The Hall–Kier alpha value is -2.04. The highest BCUT2D eigenvalue weighted by molar-refractivity contribution is 5.97. The van der Waals surface area contributed by atoms with Crippen LogP contribution >= 0.6 is 0 Å². The van der Waals surface area contributed by atoms with Crippen molar-refractivity contribution in [2.75, 3.05) is 13.1 Å². The molecule has 0 radical (unpaired) electrons. The van der Waals surface area contributed by atoms with Crippen molar-refractivity contribution < 1.29 is 4.79 Å². The van der Waals surface area contributed by atoms with Crippen LogP contribution in [0.2, 0.25) is 0 Å². The van der Waals surface area contributed by atoms with Crippen LogP contribution in [0.15, 0.2) is 30.7 Å². The highest BCUT2D eigenvalue weighted by Crippen LogP contribution is 2.21. The summed E-state index contributed by atoms with van der Waals surface area (Å²) in [5.41, 5.74) is 0.679. The first-order valence-electron chi connectivity index (χ1n) is 7.11. The zero-order valence-corrected chi connectivity index (χ0v) is 12.0. The normalized spacial score (nSPS) is 16.6. The van der Waals surface area contributed by atoms with Crippen molar-refractivity contribution >= 4 is 5.91 Å². The molecule has 106 valence electrons. The molecular formula is C15H20N4O. The second-order valence-electron chi connectivity index (χ2n) is 5.57. The Kier molecular flexibility index (Phi) is 3.34. The van der Waals surface area contributed by atoms with Crippen LogP contribution in [0.4, 0.5) is 0 Å². The van der Waals surface area contributed by atoms with E-state index in [2.05, 4.69) is 12.0 Å². The first-order valence-corrected chi connectivity index (χ1v) is 7.11. The molecule has 1 amide bonds. The van der Waals surface area contributed by atoms with E-state index in [-0.39, 0.29) is 5.91 Å². The molecule has 3 heterocycles. The standard InChI is InChI=1S/C15H20N4O/c1-12-5-9-19(10-6-12)15(20)13-11-16-17(2)14(13)18-7-3-4-8-18/h3-4,7-8,11-12H,5-6,9-10H2,1-2H3. The second-order valence-corrected chi connectivity index (χ2v) is 5.57. The van der Waals surface area contributed by atoms with Crippen molar-refractivity contribution in [1.82, 2.24) is 19.2 Å². The zero-order chi connectivity index (χ0) is 14.1. The van der Waals surface area contributed by atoms with Crippen molar-refractivity contribution in [2.45, 2.75) is 19.8 Å². The molecule has 3 rings (SSSR count). The van der Waals surface area contributed by atoms with Gasteiger partial charge < -0.3 is 9.47 Å². The molecule has 1 fully saturated rings. The van der Waals surface area contributed by atoms with E-state index in [4.69, 9.17) is 0 Å². The number of piperidine rings is 1. The van der Waals surface area contributed by atoms with Crippen molar-refractivity contribution in [3.8, 4) is 5.82 Å². The van der Waals surface area contributed by atoms with Gasteiger partial charge in [-0.1, -0.05) is 6.92 Å². The number of rotatable bonds is 2. The van der Waals surface area contributed by atoms with E-state index in [1.165, 1.54) is 0 Å². The molecule has 0 saturated carbocycles. The minimum atomic E-state index is 0.0914. The summed E-state index contributed by atoms with van der Waals surface area (Å²) < 4.78 is 3.69. The lowest BCUT2D eigenvalue weighted by Gasteiger charge is -2.30. The number of hydrogen-bond acceptors (Lipinski definition) is 2. The molecule has 20 heavy (non-hydrogen) atoms. The smallest absolute Gasteiger partial charge is 0.259 e. The molecule has 5 heteroatoms. The maximum absolute atomic E-state index is 12.7. The number of hydrogen-bond donors (Lipinski definition) is 0. The molecule has 5 nitrogen and oxygen atoms in total. The molecule has 1 aliphatic rings. The summed E-state index contributed by atoms with van der Waals surface area (Å²) >= 11 is 0. The van der Waals surface area contributed by atoms with Gasteiger partial charge in [0.25, 0.3) is 5.91 Å². The van der Waals surface area contributed by atoms with Crippen molar-refractivity contribution in [3.05, 3.63) is 36.3 Å². The van der Waals surface area contributed by atoms with E-state index in [0.717, 1.165) is 37.7 Å². The monoisotopic (exact) mass is 272 g/mol. The van der Waals surface area contributed by atoms with E-state index in [1.54, 1.807) is 10.9 Å². The summed E-state index contributed by atoms with van der Waals surface area (Å²) in [6, 6.07) is 3.90. The Morgan fingerprint density at radius 3 is 2.55 bits per heavy atom. The summed E-state index contributed by atoms with van der Waals surface area (Å²) in [4.78, 5) is 14.6. The lowest BCUT2D eigenvalue weighted by Crippen LogP contribution is -2.38. The van der Waals surface area contributed by atoms with E-state index in [9.17, 15) is 4.79 Å². The van der Waals surface area contributed by atoms with Crippen LogP contribution in [0.25, 0.3) is 5.82 Å². The van der Waals surface area contributed by atoms with Crippen LogP contribution in [0.3, 0.4) is 0 Å². The third-order valence-corrected chi connectivity index (χ3v) is 4.06. The largest absolute Gasteiger partial charge is 0.338 e. The fraction of sp³-hybridized carbons (Fsp3) is 0.467. The molecule has 1 aliphatic heterocycles. The Bertz CT molecular complexity index is 591. The van der Waals surface area contributed by atoms with Gasteiger partial charge in [0.2, 0.25) is 0 Å². The van der Waals surface area contributed by atoms with Crippen LogP contribution in [-0.2, 0) is 7.05 Å². The maximum Gasteiger partial charge on any atom is 0.259 e. The van der Waals surface area contributed by atoms with Gasteiger partial charge >= 0.3 is 0 Å². The fourth-order valence-electron chi connectivity index (χ4n) is 2.75. The van der Waals surface area contributed by atoms with Crippen LogP contribution in [0.1, 0.15) is 30.1 Å². The van der Waals surface area contributed by atoms with Gasteiger partial charge in [0, 0.05) is 32.5 Å². The van der Waals surface area contributed by atoms with Crippen LogP contribution in [0, 0.1) is 5.92 Å². The molecule has 0 unspecified atom stereocenters. The van der Waals surface area contributed by atoms with Gasteiger partial charge in [-0.15, -0.1) is 0 Å². The molecule has 0 N–H and O–H groups in total. The fourth-order valence-corrected chi connectivity index (χ4v) is 2.75. The van der Waals surface area contributed by atoms with Gasteiger partial charge in [0.1, 0.15) is 11.4 Å². The molecule has 0 aromatic carbocycles. The summed E-state index contributed by atoms with van der Waals surface area (Å²) in [6.07, 6.45) is 7.73. The summed E-state index contributed by atoms with van der Waals surface area (Å²) in [6.45, 7) is 3.94. The first-order chi connectivity index (χ1) is 9.66. The minimum absolute atomic E-state index is 0.0914. The third-order valence-electron chi connectivity index (χ3n) is 4.06. The van der Waals surface area contributed by atoms with E-state index in [1.807, 2.05) is 41.0 Å². The first kappa shape index (κ1) is 13.0. The molecule has 0 bridgehead atoms. The molecule has 0 aliphatic carbocycles. The molecular weight excluding hydrogens is 252 g/mol. The number of aryl methyl sites for hydroxylation is 1. The Labute approximate surface area is 118 Å². The Morgan fingerprint density at radius 2 is 1.90 bits per heavy atom. The quantitative estimate of drug-likeness (QED) is 0.840. The topological polar surface area (TPSA) is 43.1 Å². The molecule has 2 aromatic rings. The van der Waals surface area contributed by atoms with Gasteiger partial charge in [-0.2, -0.15) is 5.10 Å². The Morgan fingerprint density at radius 1 is 1.25 bits per heavy atom. The third kappa shape index (κ3) is 2.24. The van der Waals surface area contributed by atoms with E-state index >= 15 is 0 Å². The minimum Gasteiger partial charge on any atom is -0.338 e. The van der Waals surface area contributed by atoms with Gasteiger partial charge in [-0.3, -0.25) is 9.48 Å². The number of nitrogens with zero attached hydrogens (tertiary/aromatic N) is 4. The second kappa shape index (κ2) is 5.15. The summed E-state index contributed by atoms with van der Waals surface area (Å²) in [5.74, 6) is 1.64. The number of likely N-dealkylation sites (tertiary alicyclic amines) is 1. The van der Waals surface area contributed by atoms with E-state index in [0.29, 0.717) is 5.56 Å². The van der Waals surface area contributed by atoms with Crippen LogP contribution < -0.4 is 0 Å². The molecule has 0 atom stereocenters. The predicted octanol–water partition coefficient (Wildman–Crippen LogP) is 2.08.